The van der Waals surface area contributed by atoms with Crippen molar-refractivity contribution in [3.63, 3.8) is 0 Å². The van der Waals surface area contributed by atoms with Gasteiger partial charge in [-0.25, -0.2) is 6.07 Å². The van der Waals surface area contributed by atoms with Gasteiger partial charge >= 0.3 is 0 Å². The Hall–Kier alpha value is -0.861. The zero-order chi connectivity index (χ0) is 34.6. The normalized spacial score (nSPS) is 39.8. The fourth-order valence-electron chi connectivity index (χ4n) is 14.3. The molecule has 0 aromatic heterocycles. The molecule has 53 heavy (non-hydrogen) atoms. The van der Waals surface area contributed by atoms with Gasteiger partial charge in [0.15, 0.2) is 0 Å². The summed E-state index contributed by atoms with van der Waals surface area (Å²) in [5, 5.41) is 15.6. The molecule has 2 heterocycles. The predicted molar refractivity (Wildman–Crippen MR) is 223 cm³/mol. The molecule has 2 saturated heterocycles. The molecule has 7 heteroatoms. The predicted octanol–water partition coefficient (Wildman–Crippen LogP) is 8.30. The molecular formula is C46H64FeN4P2-6. The molecule has 8 saturated carbocycles. The minimum atomic E-state index is -0.0719. The van der Waals surface area contributed by atoms with Crippen LogP contribution in [0.4, 0.5) is 0 Å². The Labute approximate surface area is 334 Å². The van der Waals surface area contributed by atoms with E-state index in [9.17, 15) is 0 Å². The average Bonchev–Trinajstić information content (AvgIpc) is 3.90. The van der Waals surface area contributed by atoms with Crippen LogP contribution in [0.5, 0.6) is 0 Å². The van der Waals surface area contributed by atoms with Crippen LogP contribution in [0, 0.1) is 47.3 Å². The largest absolute Gasteiger partial charge is 0.748 e. The van der Waals surface area contributed by atoms with Gasteiger partial charge in [0.05, 0.1) is 0 Å². The van der Waals surface area contributed by atoms with E-state index in [2.05, 4.69) is 73.0 Å². The van der Waals surface area contributed by atoms with Gasteiger partial charge in [-0.05, 0) is 134 Å². The van der Waals surface area contributed by atoms with E-state index >= 15 is 0 Å². The number of nitrogens with one attached hydrogen (secondary N) is 4. The van der Waals surface area contributed by atoms with Gasteiger partial charge in [-0.2, -0.15) is 17.2 Å². The summed E-state index contributed by atoms with van der Waals surface area (Å²) in [5.41, 5.74) is 8.29. The molecule has 10 aliphatic rings. The molecule has 4 nitrogen and oxygen atoms in total. The third-order valence-electron chi connectivity index (χ3n) is 15.8. The van der Waals surface area contributed by atoms with E-state index in [1.807, 2.05) is 30.3 Å². The number of hydrogen-bond acceptors (Lipinski definition) is 4. The van der Waals surface area contributed by atoms with Crippen molar-refractivity contribution < 1.29 is 17.1 Å². The maximum atomic E-state index is 4.05. The molecule has 3 aromatic rings. The molecule has 3 unspecified atom stereocenters. The van der Waals surface area contributed by atoms with Crippen molar-refractivity contribution >= 4 is 17.2 Å². The third kappa shape index (κ3) is 7.29. The monoisotopic (exact) mass is 790 g/mol. The van der Waals surface area contributed by atoms with Gasteiger partial charge < -0.3 is 51.6 Å². The first-order valence-corrected chi connectivity index (χ1v) is 23.8. The van der Waals surface area contributed by atoms with Crippen LogP contribution in [-0.4, -0.2) is 62.7 Å². The van der Waals surface area contributed by atoms with E-state index in [1.54, 1.807) is 75.3 Å². The maximum absolute atomic E-state index is 4.05. The molecule has 8 bridgehead atoms. The average molecular weight is 791 g/mol. The van der Waals surface area contributed by atoms with Crippen molar-refractivity contribution in [2.75, 3.05) is 39.3 Å². The first kappa shape index (κ1) is 37.7. The van der Waals surface area contributed by atoms with Gasteiger partial charge in [-0.1, -0.05) is 43.8 Å². The molecule has 0 amide bonds. The van der Waals surface area contributed by atoms with E-state index in [0.717, 1.165) is 97.9 Å². The van der Waals surface area contributed by atoms with Crippen LogP contribution in [0.2, 0.25) is 0 Å². The summed E-state index contributed by atoms with van der Waals surface area (Å²) in [7, 11) is 3.47. The zero-order valence-electron chi connectivity index (χ0n) is 31.8. The van der Waals surface area contributed by atoms with Crippen LogP contribution in [0.15, 0.2) is 72.8 Å². The van der Waals surface area contributed by atoms with Gasteiger partial charge in [-0.15, -0.1) is 14.8 Å². The number of benzene rings is 1. The van der Waals surface area contributed by atoms with Crippen molar-refractivity contribution in [1.29, 1.82) is 0 Å². The summed E-state index contributed by atoms with van der Waals surface area (Å²) >= 11 is 0. The van der Waals surface area contributed by atoms with Crippen LogP contribution in [0.25, 0.3) is 11.1 Å². The smallest absolute Gasteiger partial charge is 0.0234 e. The van der Waals surface area contributed by atoms with Crippen LogP contribution in [0.1, 0.15) is 75.3 Å². The second kappa shape index (κ2) is 16.2. The summed E-state index contributed by atoms with van der Waals surface area (Å²) in [5.74, 6) is 8.42. The molecule has 0 spiro atoms. The molecule has 4 N–H and O–H groups in total. The van der Waals surface area contributed by atoms with Gasteiger partial charge in [0.25, 0.3) is 0 Å². The molecule has 292 valence electrons. The van der Waals surface area contributed by atoms with Gasteiger partial charge in [0.1, 0.15) is 0 Å². The number of hydrogen-bond donors (Lipinski definition) is 4. The summed E-state index contributed by atoms with van der Waals surface area (Å²) < 4.78 is 0. The van der Waals surface area contributed by atoms with Gasteiger partial charge in [0.2, 0.25) is 0 Å². The van der Waals surface area contributed by atoms with Gasteiger partial charge in [0, 0.05) is 68.4 Å². The zero-order valence-corrected chi connectivity index (χ0v) is 34.9. The third-order valence-corrected chi connectivity index (χ3v) is 20.9. The fraction of sp³-hybridized carbons (Fsp3) is 0.652. The molecular weight excluding hydrogens is 726 g/mol. The first-order valence-electron chi connectivity index (χ1n) is 21.5. The van der Waals surface area contributed by atoms with E-state index in [4.69, 9.17) is 0 Å². The van der Waals surface area contributed by atoms with Crippen LogP contribution < -0.4 is 21.3 Å². The Morgan fingerprint density at radius 1 is 0.623 bits per heavy atom. The second-order valence-corrected chi connectivity index (χ2v) is 22.4. The van der Waals surface area contributed by atoms with Crippen LogP contribution >= 0.6 is 17.2 Å². The molecule has 2 aliphatic heterocycles. The summed E-state index contributed by atoms with van der Waals surface area (Å²) in [6.07, 6.45) is 17.2. The first-order chi connectivity index (χ1) is 25.6. The van der Waals surface area contributed by atoms with Crippen molar-refractivity contribution in [3.05, 3.63) is 83.9 Å². The molecule has 0 radical (unpaired) electrons. The molecule has 3 aromatic carbocycles. The van der Waals surface area contributed by atoms with Crippen molar-refractivity contribution in [1.82, 2.24) is 21.3 Å². The van der Waals surface area contributed by atoms with Crippen molar-refractivity contribution in [2.24, 2.45) is 47.3 Å². The quantitative estimate of drug-likeness (QED) is 0.106. The molecule has 10 fully saturated rings. The SMILES string of the molecule is PC([c-]1cc(-c2ccccc2)cc1CP(C1C2CC3CC(C2)CC1C3)C1C2CC3CC(C2)CC1C3)(C1CNCCN1)C1CNCCN1.[Fe].[cH-]1[cH-][cH-][cH-][cH-]1. The van der Waals surface area contributed by atoms with Crippen molar-refractivity contribution in [2.45, 2.75) is 98.9 Å². The minimum absolute atomic E-state index is 0. The Bertz CT molecular complexity index is 1480. The standard InChI is InChI=1S/C41H59N4P2.C5H5.Fe/c46-41(37-22-42-6-8-44-37,38-23-43-7-9-45-38)36-21-30(29-4-2-1-3-5-29)20-35(36)24-47(39-31-12-25-10-26(14-31)15-32(39)13-25)40-33-16-27-11-28(18-33)19-34(40)17-27;1-2-4-5-3-1;/h1-5,20-21,25-28,31-34,37-40,42-45H,6-19,22-24,46H2;1-5H;/q-1;-5;. The van der Waals surface area contributed by atoms with E-state index in [-0.39, 0.29) is 30.1 Å². The maximum Gasteiger partial charge on any atom is 0.0234 e. The van der Waals surface area contributed by atoms with Crippen LogP contribution in [-0.2, 0) is 28.4 Å². The summed E-state index contributed by atoms with van der Waals surface area (Å²) in [6, 6.07) is 27.5. The fourth-order valence-corrected chi connectivity index (χ4v) is 19.6. The van der Waals surface area contributed by atoms with E-state index < -0.39 is 0 Å². The van der Waals surface area contributed by atoms with E-state index in [0.29, 0.717) is 12.1 Å². The van der Waals surface area contributed by atoms with Gasteiger partial charge in [-0.3, -0.25) is 0 Å². The Morgan fingerprint density at radius 2 is 1.08 bits per heavy atom. The molecule has 8 aliphatic carbocycles. The minimum Gasteiger partial charge on any atom is -0.748 e. The second-order valence-electron chi connectivity index (χ2n) is 18.9. The number of rotatable bonds is 8. The Morgan fingerprint density at radius 3 is 1.49 bits per heavy atom. The summed E-state index contributed by atoms with van der Waals surface area (Å²) in [4.78, 5) is 0. The Kier molecular flexibility index (Phi) is 11.5. The number of piperazine rings is 2. The topological polar surface area (TPSA) is 48.1 Å². The molecule has 13 rings (SSSR count). The molecule has 3 atom stereocenters. The van der Waals surface area contributed by atoms with E-state index in [1.165, 1.54) is 17.3 Å². The Balaban J connectivity index is 0.000000576. The summed E-state index contributed by atoms with van der Waals surface area (Å²) in [6.45, 7) is 6.31. The van der Waals surface area contributed by atoms with Crippen LogP contribution in [0.3, 0.4) is 0 Å². The van der Waals surface area contributed by atoms with Crippen molar-refractivity contribution in [3.8, 4) is 11.1 Å².